The summed E-state index contributed by atoms with van der Waals surface area (Å²) in [5, 5.41) is 9.17. The van der Waals surface area contributed by atoms with Crippen LogP contribution in [0.1, 0.15) is 123 Å². The van der Waals surface area contributed by atoms with E-state index in [9.17, 15) is 9.32 Å². The van der Waals surface area contributed by atoms with Crippen molar-refractivity contribution in [1.82, 2.24) is 0 Å². The molecule has 0 aromatic rings. The van der Waals surface area contributed by atoms with Gasteiger partial charge in [-0.05, 0) is 13.3 Å². The topological polar surface area (TPSA) is 37.3 Å². The van der Waals surface area contributed by atoms with Crippen LogP contribution in [0.2, 0.25) is 0 Å². The molecule has 25 heavy (non-hydrogen) atoms. The van der Waals surface area contributed by atoms with Gasteiger partial charge in [0.1, 0.15) is 0 Å². The highest BCUT2D eigenvalue weighted by Gasteiger charge is 2.03. The maximum atomic E-state index is 11.6. The van der Waals surface area contributed by atoms with Gasteiger partial charge in [0.05, 0.1) is 6.10 Å². The second kappa shape index (κ2) is 20.4. The number of unbranched alkanes of at least 4 members (excludes halogenated alkanes) is 16. The molecule has 0 saturated carbocycles. The lowest BCUT2D eigenvalue weighted by Gasteiger charge is -2.05. The monoisotopic (exact) mass is 374 g/mol. The molecule has 0 spiro atoms. The molecular weight excluding hydrogens is 328 g/mol. The quantitative estimate of drug-likeness (QED) is 0.239. The number of aliphatic hydroxyl groups excluding tert-OH is 1. The van der Waals surface area contributed by atoms with Gasteiger partial charge in [-0.1, -0.05) is 110 Å². The van der Waals surface area contributed by atoms with Crippen molar-refractivity contribution in [3.8, 4) is 0 Å². The molecule has 0 radical (unpaired) electrons. The fourth-order valence-electron chi connectivity index (χ4n) is 3.34. The second-order valence-electron chi connectivity index (χ2n) is 7.82. The first kappa shape index (κ1) is 25.1. The van der Waals surface area contributed by atoms with Crippen molar-refractivity contribution in [3.63, 3.8) is 0 Å². The van der Waals surface area contributed by atoms with Crippen molar-refractivity contribution < 1.29 is 9.32 Å². The summed E-state index contributed by atoms with van der Waals surface area (Å²) in [6, 6.07) is 0. The second-order valence-corrected chi connectivity index (χ2v) is 9.44. The van der Waals surface area contributed by atoms with Gasteiger partial charge in [0, 0.05) is 22.3 Å². The van der Waals surface area contributed by atoms with E-state index in [1.54, 1.807) is 6.92 Å². The van der Waals surface area contributed by atoms with Crippen LogP contribution in [0.4, 0.5) is 0 Å². The van der Waals surface area contributed by atoms with Gasteiger partial charge in [-0.25, -0.2) is 0 Å². The Labute approximate surface area is 161 Å². The Morgan fingerprint density at radius 3 is 1.28 bits per heavy atom. The molecule has 0 amide bonds. The minimum atomic E-state index is -0.818. The predicted molar refractivity (Wildman–Crippen MR) is 114 cm³/mol. The van der Waals surface area contributed by atoms with Crippen LogP contribution in [0, 0.1) is 0 Å². The molecule has 152 valence electrons. The molecule has 0 bridgehead atoms. The molecule has 2 unspecified atom stereocenters. The van der Waals surface area contributed by atoms with Crippen LogP contribution in [0.5, 0.6) is 0 Å². The summed E-state index contributed by atoms with van der Waals surface area (Å²) in [7, 11) is -0.818. The summed E-state index contributed by atoms with van der Waals surface area (Å²) in [6.07, 6.45) is 22.9. The van der Waals surface area contributed by atoms with Crippen molar-refractivity contribution in [2.24, 2.45) is 0 Å². The summed E-state index contributed by atoms with van der Waals surface area (Å²) in [4.78, 5) is 0. The zero-order valence-corrected chi connectivity index (χ0v) is 18.1. The Morgan fingerprint density at radius 1 is 0.640 bits per heavy atom. The molecule has 0 heterocycles. The average molecular weight is 375 g/mol. The van der Waals surface area contributed by atoms with Gasteiger partial charge < -0.3 is 5.11 Å². The molecule has 0 saturated heterocycles. The van der Waals surface area contributed by atoms with E-state index >= 15 is 0 Å². The molecule has 0 aromatic heterocycles. The van der Waals surface area contributed by atoms with Crippen molar-refractivity contribution in [2.45, 2.75) is 129 Å². The van der Waals surface area contributed by atoms with Gasteiger partial charge in [-0.3, -0.25) is 4.21 Å². The fourth-order valence-corrected chi connectivity index (χ4v) is 4.57. The van der Waals surface area contributed by atoms with Crippen molar-refractivity contribution in [3.05, 3.63) is 0 Å². The van der Waals surface area contributed by atoms with Gasteiger partial charge in [-0.2, -0.15) is 0 Å². The van der Waals surface area contributed by atoms with Crippen molar-refractivity contribution in [2.75, 3.05) is 11.5 Å². The van der Waals surface area contributed by atoms with E-state index in [-0.39, 0.29) is 0 Å². The lowest BCUT2D eigenvalue weighted by Crippen LogP contribution is -2.14. The largest absolute Gasteiger partial charge is 0.392 e. The van der Waals surface area contributed by atoms with E-state index in [0.29, 0.717) is 5.75 Å². The first-order valence-corrected chi connectivity index (χ1v) is 12.7. The minimum absolute atomic E-state index is 0.424. The maximum Gasteiger partial charge on any atom is 0.0627 e. The molecule has 2 atom stereocenters. The van der Waals surface area contributed by atoms with E-state index < -0.39 is 16.9 Å². The van der Waals surface area contributed by atoms with Crippen LogP contribution in [0.15, 0.2) is 0 Å². The van der Waals surface area contributed by atoms with E-state index in [0.717, 1.165) is 12.2 Å². The van der Waals surface area contributed by atoms with E-state index in [1.165, 1.54) is 103 Å². The average Bonchev–Trinajstić information content (AvgIpc) is 2.57. The zero-order valence-electron chi connectivity index (χ0n) is 17.3. The highest BCUT2D eigenvalue weighted by atomic mass is 32.2. The Bertz CT molecular complexity index is 279. The smallest absolute Gasteiger partial charge is 0.0627 e. The molecular formula is C22H46O2S. The highest BCUT2D eigenvalue weighted by molar-refractivity contribution is 7.85. The Morgan fingerprint density at radius 2 is 0.960 bits per heavy atom. The number of hydrogen-bond donors (Lipinski definition) is 1. The summed E-state index contributed by atoms with van der Waals surface area (Å²) < 4.78 is 11.6. The Kier molecular flexibility index (Phi) is 20.5. The van der Waals surface area contributed by atoms with Crippen LogP contribution in [-0.4, -0.2) is 26.9 Å². The minimum Gasteiger partial charge on any atom is -0.392 e. The Balaban J connectivity index is 3.06. The van der Waals surface area contributed by atoms with Crippen molar-refractivity contribution >= 4 is 10.8 Å². The SMILES string of the molecule is CCCCCCCCCCCCCCCCCCCS(=O)CC(C)O. The molecule has 0 aliphatic heterocycles. The Hall–Kier alpha value is 0.110. The van der Waals surface area contributed by atoms with Crippen LogP contribution in [-0.2, 0) is 10.8 Å². The van der Waals surface area contributed by atoms with Gasteiger partial charge >= 0.3 is 0 Å². The molecule has 0 aliphatic carbocycles. The molecule has 0 fully saturated rings. The molecule has 2 nitrogen and oxygen atoms in total. The summed E-state index contributed by atoms with van der Waals surface area (Å²) in [5.41, 5.74) is 0. The predicted octanol–water partition coefficient (Wildman–Crippen LogP) is 6.77. The van der Waals surface area contributed by atoms with E-state index in [1.807, 2.05) is 0 Å². The van der Waals surface area contributed by atoms with Gasteiger partial charge in [0.15, 0.2) is 0 Å². The van der Waals surface area contributed by atoms with Crippen LogP contribution in [0.3, 0.4) is 0 Å². The van der Waals surface area contributed by atoms with E-state index in [2.05, 4.69) is 6.92 Å². The third-order valence-electron chi connectivity index (χ3n) is 4.90. The highest BCUT2D eigenvalue weighted by Crippen LogP contribution is 2.14. The van der Waals surface area contributed by atoms with Gasteiger partial charge in [0.2, 0.25) is 0 Å². The van der Waals surface area contributed by atoms with Crippen LogP contribution < -0.4 is 0 Å². The molecule has 0 aromatic carbocycles. The van der Waals surface area contributed by atoms with Crippen LogP contribution in [0.25, 0.3) is 0 Å². The third kappa shape index (κ3) is 22.1. The van der Waals surface area contributed by atoms with Gasteiger partial charge in [-0.15, -0.1) is 0 Å². The zero-order chi connectivity index (χ0) is 18.6. The fraction of sp³-hybridized carbons (Fsp3) is 1.00. The normalized spacial score (nSPS) is 13.9. The standard InChI is InChI=1S/C22H46O2S/c1-3-4-5-6-7-8-9-10-11-12-13-14-15-16-17-18-19-20-25(24)21-22(2)23/h22-23H,3-21H2,1-2H3. The van der Waals surface area contributed by atoms with Crippen LogP contribution >= 0.6 is 0 Å². The summed E-state index contributed by atoms with van der Waals surface area (Å²) >= 11 is 0. The molecule has 1 N–H and O–H groups in total. The molecule has 0 aliphatic rings. The molecule has 0 rings (SSSR count). The maximum absolute atomic E-state index is 11.6. The van der Waals surface area contributed by atoms with E-state index in [4.69, 9.17) is 0 Å². The summed E-state index contributed by atoms with van der Waals surface area (Å²) in [5.74, 6) is 1.21. The van der Waals surface area contributed by atoms with Crippen molar-refractivity contribution in [1.29, 1.82) is 0 Å². The lowest BCUT2D eigenvalue weighted by atomic mass is 10.0. The lowest BCUT2D eigenvalue weighted by molar-refractivity contribution is 0.219. The number of rotatable bonds is 20. The molecule has 3 heteroatoms. The first-order chi connectivity index (χ1) is 12.2. The number of aliphatic hydroxyl groups is 1. The first-order valence-electron chi connectivity index (χ1n) is 11.2. The number of hydrogen-bond acceptors (Lipinski definition) is 2. The summed E-state index contributed by atoms with van der Waals surface area (Å²) in [6.45, 7) is 4.00. The third-order valence-corrected chi connectivity index (χ3v) is 6.50. The van der Waals surface area contributed by atoms with Gasteiger partial charge in [0.25, 0.3) is 0 Å².